The minimum absolute atomic E-state index is 0.0313. The van der Waals surface area contributed by atoms with Crippen molar-refractivity contribution in [2.24, 2.45) is 11.7 Å². The normalized spacial score (nSPS) is 23.9. The highest BCUT2D eigenvalue weighted by atomic mass is 16.6. The Hall–Kier alpha value is -0.810. The van der Waals surface area contributed by atoms with Crippen molar-refractivity contribution in [3.8, 4) is 0 Å². The van der Waals surface area contributed by atoms with Crippen molar-refractivity contribution in [2.75, 3.05) is 19.6 Å². The van der Waals surface area contributed by atoms with E-state index in [4.69, 9.17) is 10.5 Å². The number of rotatable bonds is 3. The van der Waals surface area contributed by atoms with Gasteiger partial charge in [-0.25, -0.2) is 4.79 Å². The first kappa shape index (κ1) is 16.2. The highest BCUT2D eigenvalue weighted by Crippen LogP contribution is 2.30. The largest absolute Gasteiger partial charge is 0.444 e. The van der Waals surface area contributed by atoms with Crippen molar-refractivity contribution < 1.29 is 14.6 Å². The minimum Gasteiger partial charge on any atom is -0.444 e. The topological polar surface area (TPSA) is 75.8 Å². The summed E-state index contributed by atoms with van der Waals surface area (Å²) in [5, 5.41) is 10.5. The Morgan fingerprint density at radius 2 is 2.11 bits per heavy atom. The van der Waals surface area contributed by atoms with Crippen LogP contribution in [0.4, 0.5) is 4.79 Å². The van der Waals surface area contributed by atoms with Crippen LogP contribution in [-0.2, 0) is 4.74 Å². The van der Waals surface area contributed by atoms with Gasteiger partial charge in [0.15, 0.2) is 0 Å². The van der Waals surface area contributed by atoms with Gasteiger partial charge in [0.1, 0.15) is 5.60 Å². The number of hydrogen-bond donors (Lipinski definition) is 2. The molecule has 0 radical (unpaired) electrons. The molecule has 0 aliphatic carbocycles. The van der Waals surface area contributed by atoms with Gasteiger partial charge in [-0.3, -0.25) is 0 Å². The number of nitrogens with two attached hydrogens (primary N) is 1. The van der Waals surface area contributed by atoms with Crippen molar-refractivity contribution >= 4 is 6.09 Å². The van der Waals surface area contributed by atoms with Gasteiger partial charge in [0.2, 0.25) is 0 Å². The molecule has 0 aromatic carbocycles. The van der Waals surface area contributed by atoms with Crippen molar-refractivity contribution in [1.29, 1.82) is 0 Å². The van der Waals surface area contributed by atoms with E-state index < -0.39 is 11.2 Å². The first-order chi connectivity index (χ1) is 8.72. The SMILES string of the molecule is CC[C@](O)(CN)[C@H]1CCCN(C(=O)OC(C)(C)C)C1. The molecule has 1 aliphatic rings. The lowest BCUT2D eigenvalue weighted by Crippen LogP contribution is -2.53. The van der Waals surface area contributed by atoms with Crippen molar-refractivity contribution in [3.63, 3.8) is 0 Å². The van der Waals surface area contributed by atoms with E-state index in [2.05, 4.69) is 0 Å². The summed E-state index contributed by atoms with van der Waals surface area (Å²) < 4.78 is 5.38. The second-order valence-corrected chi connectivity index (χ2v) is 6.43. The molecule has 2 atom stereocenters. The Labute approximate surface area is 116 Å². The van der Waals surface area contributed by atoms with Gasteiger partial charge in [-0.15, -0.1) is 0 Å². The maximum atomic E-state index is 12.1. The van der Waals surface area contributed by atoms with Crippen LogP contribution in [0.1, 0.15) is 47.0 Å². The van der Waals surface area contributed by atoms with Gasteiger partial charge in [-0.1, -0.05) is 6.92 Å². The molecule has 112 valence electrons. The molecule has 1 rings (SSSR count). The molecule has 0 saturated carbocycles. The second kappa shape index (κ2) is 6.09. The fourth-order valence-corrected chi connectivity index (χ4v) is 2.51. The third kappa shape index (κ3) is 4.35. The summed E-state index contributed by atoms with van der Waals surface area (Å²) in [6.45, 7) is 8.94. The zero-order chi connectivity index (χ0) is 14.7. The molecule has 1 heterocycles. The number of hydrogen-bond acceptors (Lipinski definition) is 4. The summed E-state index contributed by atoms with van der Waals surface area (Å²) in [5.74, 6) is 0.0313. The number of ether oxygens (including phenoxy) is 1. The fourth-order valence-electron chi connectivity index (χ4n) is 2.51. The fraction of sp³-hybridized carbons (Fsp3) is 0.929. The molecular weight excluding hydrogens is 244 g/mol. The molecule has 5 heteroatoms. The zero-order valence-electron chi connectivity index (χ0n) is 12.6. The lowest BCUT2D eigenvalue weighted by Gasteiger charge is -2.41. The number of aliphatic hydroxyl groups is 1. The molecular formula is C14H28N2O3. The van der Waals surface area contributed by atoms with Gasteiger partial charge >= 0.3 is 6.09 Å². The van der Waals surface area contributed by atoms with Crippen LogP contribution in [0, 0.1) is 5.92 Å². The zero-order valence-corrected chi connectivity index (χ0v) is 12.6. The molecule has 1 fully saturated rings. The first-order valence-electron chi connectivity index (χ1n) is 7.12. The average Bonchev–Trinajstić information content (AvgIpc) is 2.36. The lowest BCUT2D eigenvalue weighted by atomic mass is 9.80. The molecule has 0 bridgehead atoms. The summed E-state index contributed by atoms with van der Waals surface area (Å²) in [5.41, 5.74) is 4.33. The predicted molar refractivity (Wildman–Crippen MR) is 74.8 cm³/mol. The molecule has 1 saturated heterocycles. The van der Waals surface area contributed by atoms with Gasteiger partial charge in [0.05, 0.1) is 5.60 Å². The third-order valence-electron chi connectivity index (χ3n) is 3.80. The van der Waals surface area contributed by atoms with Crippen molar-refractivity contribution in [3.05, 3.63) is 0 Å². The Morgan fingerprint density at radius 1 is 1.47 bits per heavy atom. The molecule has 0 aromatic heterocycles. The monoisotopic (exact) mass is 272 g/mol. The number of amides is 1. The van der Waals surface area contributed by atoms with Crippen molar-refractivity contribution in [2.45, 2.75) is 58.2 Å². The van der Waals surface area contributed by atoms with E-state index in [0.29, 0.717) is 19.5 Å². The molecule has 0 aromatic rings. The van der Waals surface area contributed by atoms with Gasteiger partial charge in [0, 0.05) is 25.6 Å². The van der Waals surface area contributed by atoms with Gasteiger partial charge in [0.25, 0.3) is 0 Å². The summed E-state index contributed by atoms with van der Waals surface area (Å²) in [6, 6.07) is 0. The molecule has 19 heavy (non-hydrogen) atoms. The molecule has 0 spiro atoms. The smallest absolute Gasteiger partial charge is 0.410 e. The van der Waals surface area contributed by atoms with Crippen LogP contribution in [0.25, 0.3) is 0 Å². The highest BCUT2D eigenvalue weighted by Gasteiger charge is 2.38. The summed E-state index contributed by atoms with van der Waals surface area (Å²) in [4.78, 5) is 13.7. The molecule has 5 nitrogen and oxygen atoms in total. The molecule has 3 N–H and O–H groups in total. The Kier molecular flexibility index (Phi) is 5.21. The van der Waals surface area contributed by atoms with E-state index in [1.807, 2.05) is 27.7 Å². The number of piperidine rings is 1. The summed E-state index contributed by atoms with van der Waals surface area (Å²) in [6.07, 6.45) is 2.09. The summed E-state index contributed by atoms with van der Waals surface area (Å²) >= 11 is 0. The quantitative estimate of drug-likeness (QED) is 0.820. The average molecular weight is 272 g/mol. The third-order valence-corrected chi connectivity index (χ3v) is 3.80. The maximum Gasteiger partial charge on any atom is 0.410 e. The van der Waals surface area contributed by atoms with Crippen molar-refractivity contribution in [1.82, 2.24) is 4.90 Å². The summed E-state index contributed by atoms with van der Waals surface area (Å²) in [7, 11) is 0. The molecule has 1 aliphatic heterocycles. The van der Waals surface area contributed by atoms with E-state index in [1.54, 1.807) is 4.90 Å². The van der Waals surface area contributed by atoms with Crippen LogP contribution in [0.2, 0.25) is 0 Å². The number of carbonyl (C=O) groups is 1. The first-order valence-corrected chi connectivity index (χ1v) is 7.12. The highest BCUT2D eigenvalue weighted by molar-refractivity contribution is 5.68. The van der Waals surface area contributed by atoms with Crippen LogP contribution >= 0.6 is 0 Å². The van der Waals surface area contributed by atoms with Crippen LogP contribution in [0.15, 0.2) is 0 Å². The number of likely N-dealkylation sites (tertiary alicyclic amines) is 1. The van der Waals surface area contributed by atoms with Crippen LogP contribution in [0.5, 0.6) is 0 Å². The van der Waals surface area contributed by atoms with Gasteiger partial charge < -0.3 is 20.5 Å². The van der Waals surface area contributed by atoms with E-state index >= 15 is 0 Å². The Balaban J connectivity index is 2.67. The van der Waals surface area contributed by atoms with E-state index in [1.165, 1.54) is 0 Å². The number of nitrogens with zero attached hydrogens (tertiary/aromatic N) is 1. The number of carbonyl (C=O) groups excluding carboxylic acids is 1. The van der Waals surface area contributed by atoms with E-state index in [9.17, 15) is 9.90 Å². The van der Waals surface area contributed by atoms with E-state index in [-0.39, 0.29) is 18.6 Å². The lowest BCUT2D eigenvalue weighted by molar-refractivity contribution is -0.0479. The van der Waals surface area contributed by atoms with Crippen LogP contribution in [0.3, 0.4) is 0 Å². The predicted octanol–water partition coefficient (Wildman–Crippen LogP) is 1.73. The maximum absolute atomic E-state index is 12.1. The molecule has 1 amide bonds. The Bertz CT molecular complexity index is 308. The van der Waals surface area contributed by atoms with Gasteiger partial charge in [-0.2, -0.15) is 0 Å². The second-order valence-electron chi connectivity index (χ2n) is 6.43. The Morgan fingerprint density at radius 3 is 2.58 bits per heavy atom. The van der Waals surface area contributed by atoms with Crippen LogP contribution < -0.4 is 5.73 Å². The standard InChI is InChI=1S/C14H28N2O3/c1-5-14(18,10-15)11-7-6-8-16(9-11)12(17)19-13(2,3)4/h11,18H,5-10,15H2,1-4H3/t11-,14-/m0/s1. The minimum atomic E-state index is -0.874. The van der Waals surface area contributed by atoms with Gasteiger partial charge in [-0.05, 0) is 40.0 Å². The molecule has 0 unspecified atom stereocenters. The van der Waals surface area contributed by atoms with E-state index in [0.717, 1.165) is 12.8 Å². The van der Waals surface area contributed by atoms with Crippen LogP contribution in [-0.4, -0.2) is 46.9 Å².